The van der Waals surface area contributed by atoms with Gasteiger partial charge >= 0.3 is 0 Å². The monoisotopic (exact) mass is 662 g/mol. The molecule has 6 rings (SSSR count). The summed E-state index contributed by atoms with van der Waals surface area (Å²) in [6, 6.07) is 14.6. The van der Waals surface area contributed by atoms with Crippen molar-refractivity contribution >= 4 is 44.7 Å². The van der Waals surface area contributed by atoms with Gasteiger partial charge in [-0.15, -0.1) is 18.3 Å². The number of nitrogens with zero attached hydrogens (tertiary/aromatic N) is 6. The number of alkyl halides is 1. The van der Waals surface area contributed by atoms with Crippen LogP contribution in [0.5, 0.6) is 0 Å². The zero-order valence-corrected chi connectivity index (χ0v) is 26.0. The number of halogens is 1. The fourth-order valence-corrected chi connectivity index (χ4v) is 8.20. The maximum atomic E-state index is 14.9. The molecule has 3 fully saturated rings. The number of aromatic nitrogens is 3. The maximum Gasteiger partial charge on any atom is 0.250 e. The van der Waals surface area contributed by atoms with Crippen LogP contribution in [0.1, 0.15) is 18.0 Å². The first-order chi connectivity index (χ1) is 21.3. The summed E-state index contributed by atoms with van der Waals surface area (Å²) in [5.41, 5.74) is 0.807. The van der Waals surface area contributed by atoms with E-state index in [1.807, 2.05) is 54.6 Å². The number of likely N-dealkylation sites (N-methyl/N-ethyl adjacent to an activating group) is 1. The van der Waals surface area contributed by atoms with Crippen LogP contribution in [0.15, 0.2) is 79.9 Å². The zero-order valence-electron chi connectivity index (χ0n) is 24.4. The molecule has 2 bridgehead atoms. The molecule has 1 N–H and O–H groups in total. The molecule has 7 atom stereocenters. The van der Waals surface area contributed by atoms with Crippen molar-refractivity contribution in [2.75, 3.05) is 26.7 Å². The summed E-state index contributed by atoms with van der Waals surface area (Å²) >= 11 is 3.72. The van der Waals surface area contributed by atoms with Gasteiger partial charge in [0.2, 0.25) is 17.7 Å². The number of hydrogen-bond donors (Lipinski definition) is 1. The van der Waals surface area contributed by atoms with Crippen LogP contribution in [-0.2, 0) is 25.8 Å². The van der Waals surface area contributed by atoms with E-state index < -0.39 is 42.2 Å². The van der Waals surface area contributed by atoms with Gasteiger partial charge in [-0.2, -0.15) is 0 Å². The second kappa shape index (κ2) is 11.9. The molecule has 3 unspecified atom stereocenters. The molecule has 3 aliphatic rings. The van der Waals surface area contributed by atoms with Gasteiger partial charge in [0.25, 0.3) is 0 Å². The highest BCUT2D eigenvalue weighted by molar-refractivity contribution is 9.09. The van der Waals surface area contributed by atoms with E-state index in [9.17, 15) is 19.5 Å². The summed E-state index contributed by atoms with van der Waals surface area (Å²) < 4.78 is 8.31. The van der Waals surface area contributed by atoms with E-state index in [4.69, 9.17) is 4.74 Å². The van der Waals surface area contributed by atoms with Crippen LogP contribution in [0.4, 0.5) is 0 Å². The van der Waals surface area contributed by atoms with E-state index in [-0.39, 0.29) is 35.8 Å². The van der Waals surface area contributed by atoms with Crippen molar-refractivity contribution in [1.82, 2.24) is 29.7 Å². The Hall–Kier alpha value is -3.87. The molecule has 230 valence electrons. The van der Waals surface area contributed by atoms with Crippen molar-refractivity contribution in [3.8, 4) is 0 Å². The van der Waals surface area contributed by atoms with Crippen molar-refractivity contribution in [3.05, 3.63) is 85.5 Å². The lowest BCUT2D eigenvalue weighted by Gasteiger charge is -2.39. The van der Waals surface area contributed by atoms with E-state index >= 15 is 0 Å². The number of likely N-dealkylation sites (tertiary alicyclic amines) is 1. The third kappa shape index (κ3) is 4.67. The first kappa shape index (κ1) is 30.2. The highest BCUT2D eigenvalue weighted by Gasteiger charge is 2.77. The van der Waals surface area contributed by atoms with Crippen molar-refractivity contribution < 1.29 is 24.2 Å². The average molecular weight is 664 g/mol. The summed E-state index contributed by atoms with van der Waals surface area (Å²) in [5.74, 6) is -2.74. The highest BCUT2D eigenvalue weighted by atomic mass is 79.9. The largest absolute Gasteiger partial charge is 0.394 e. The third-order valence-corrected chi connectivity index (χ3v) is 9.95. The molecule has 1 aromatic heterocycles. The number of aliphatic hydroxyl groups is 1. The van der Waals surface area contributed by atoms with Crippen LogP contribution >= 0.6 is 15.9 Å². The van der Waals surface area contributed by atoms with Crippen molar-refractivity contribution in [2.24, 2.45) is 11.8 Å². The predicted octanol–water partition coefficient (Wildman–Crippen LogP) is 2.53. The van der Waals surface area contributed by atoms with Gasteiger partial charge in [0, 0.05) is 25.0 Å². The molecule has 3 aromatic rings. The molecule has 12 heteroatoms. The molecule has 0 radical (unpaired) electrons. The quantitative estimate of drug-likeness (QED) is 0.247. The molecule has 3 saturated heterocycles. The number of amides is 3. The number of ether oxygens (including phenoxy) is 1. The second-order valence-electron chi connectivity index (χ2n) is 11.6. The Morgan fingerprint density at radius 3 is 2.55 bits per heavy atom. The number of carbonyl (C=O) groups excluding carboxylic acids is 3. The van der Waals surface area contributed by atoms with E-state index in [2.05, 4.69) is 39.4 Å². The molecule has 0 aliphatic carbocycles. The van der Waals surface area contributed by atoms with Crippen LogP contribution in [0.25, 0.3) is 11.0 Å². The lowest BCUT2D eigenvalue weighted by Crippen LogP contribution is -2.57. The summed E-state index contributed by atoms with van der Waals surface area (Å²) in [6.45, 7) is 7.71. The number of hydrogen-bond acceptors (Lipinski definition) is 7. The summed E-state index contributed by atoms with van der Waals surface area (Å²) in [6.07, 6.45) is 2.99. The normalized spacial score (nSPS) is 27.8. The van der Waals surface area contributed by atoms with Gasteiger partial charge in [0.15, 0.2) is 0 Å². The van der Waals surface area contributed by atoms with E-state index in [0.29, 0.717) is 24.0 Å². The lowest BCUT2D eigenvalue weighted by atomic mass is 9.70. The van der Waals surface area contributed by atoms with Gasteiger partial charge in [0.1, 0.15) is 23.8 Å². The molecule has 3 aliphatic heterocycles. The topological polar surface area (TPSA) is 121 Å². The molecule has 3 amide bonds. The van der Waals surface area contributed by atoms with Gasteiger partial charge in [0.05, 0.1) is 36.1 Å². The van der Waals surface area contributed by atoms with Gasteiger partial charge in [-0.05, 0) is 24.1 Å². The Balaban J connectivity index is 1.46. The molecule has 0 saturated carbocycles. The minimum absolute atomic E-state index is 0.0470. The summed E-state index contributed by atoms with van der Waals surface area (Å²) in [7, 11) is 1.67. The molecular formula is C32H35BrN6O5. The number of benzene rings is 2. The Kier molecular flexibility index (Phi) is 8.16. The molecule has 2 aromatic carbocycles. The first-order valence-corrected chi connectivity index (χ1v) is 15.5. The second-order valence-corrected chi connectivity index (χ2v) is 12.8. The number of fused-ring (bicyclic) bond motifs is 2. The van der Waals surface area contributed by atoms with Crippen LogP contribution in [0.2, 0.25) is 0 Å². The van der Waals surface area contributed by atoms with Crippen molar-refractivity contribution in [2.45, 2.75) is 41.7 Å². The number of rotatable bonds is 11. The zero-order chi connectivity index (χ0) is 31.2. The minimum Gasteiger partial charge on any atom is -0.394 e. The summed E-state index contributed by atoms with van der Waals surface area (Å²) in [5, 5.41) is 19.3. The highest BCUT2D eigenvalue weighted by Crippen LogP contribution is 2.61. The van der Waals surface area contributed by atoms with Crippen LogP contribution in [0.3, 0.4) is 0 Å². The van der Waals surface area contributed by atoms with E-state index in [0.717, 1.165) is 5.52 Å². The van der Waals surface area contributed by atoms with Crippen LogP contribution in [0, 0.1) is 11.8 Å². The average Bonchev–Trinajstić information content (AvgIpc) is 3.75. The lowest BCUT2D eigenvalue weighted by molar-refractivity contribution is -0.153. The predicted molar refractivity (Wildman–Crippen MR) is 166 cm³/mol. The Labute approximate surface area is 263 Å². The molecular weight excluding hydrogens is 628 g/mol. The molecule has 11 nitrogen and oxygen atoms in total. The maximum absolute atomic E-state index is 14.9. The Morgan fingerprint density at radius 1 is 1.14 bits per heavy atom. The van der Waals surface area contributed by atoms with Gasteiger partial charge < -0.3 is 24.5 Å². The SMILES string of the molecule is C=CCN(C)C(=O)[C@H]1[C@H]2C(=O)N([C@H](CO)c3ccccc3)C(C(=O)N(CC=C)Cn3nnc4ccccc43)C23CC(Br)[C@@H]1O3. The number of carbonyl (C=O) groups is 3. The van der Waals surface area contributed by atoms with Crippen LogP contribution < -0.4 is 0 Å². The van der Waals surface area contributed by atoms with Gasteiger partial charge in [-0.1, -0.05) is 75.8 Å². The first-order valence-electron chi connectivity index (χ1n) is 14.6. The molecule has 4 heterocycles. The third-order valence-electron chi connectivity index (χ3n) is 9.10. The minimum atomic E-state index is -1.30. The number of para-hydroxylation sites is 1. The fourth-order valence-electron chi connectivity index (χ4n) is 7.26. The van der Waals surface area contributed by atoms with Crippen molar-refractivity contribution in [3.63, 3.8) is 0 Å². The fraction of sp³-hybridized carbons (Fsp3) is 0.406. The van der Waals surface area contributed by atoms with E-state index in [1.165, 1.54) is 9.80 Å². The Bertz CT molecular complexity index is 1600. The van der Waals surface area contributed by atoms with Crippen LogP contribution in [-0.4, -0.2) is 102 Å². The van der Waals surface area contributed by atoms with Crippen molar-refractivity contribution in [1.29, 1.82) is 0 Å². The summed E-state index contributed by atoms with van der Waals surface area (Å²) in [4.78, 5) is 47.7. The standard InChI is InChI=1S/C32H35BrN6O5/c1-4-15-36(3)29(41)25-26-30(42)39(24(18-40)20-11-7-6-8-12-20)28(32(26)17-21(33)27(25)44-32)31(43)37(16-5-2)19-38-23-14-10-9-13-22(23)34-35-38/h4-14,21,24-28,40H,1-2,15-19H2,3H3/t21?,24-,25+,26+,27+,28?,32?/m1/s1. The van der Waals surface area contributed by atoms with Gasteiger partial charge in [-0.3, -0.25) is 14.4 Å². The van der Waals surface area contributed by atoms with Gasteiger partial charge in [-0.25, -0.2) is 4.68 Å². The number of aliphatic hydroxyl groups excluding tert-OH is 1. The Morgan fingerprint density at radius 2 is 1.84 bits per heavy atom. The molecule has 1 spiro atoms. The molecule has 44 heavy (non-hydrogen) atoms. The van der Waals surface area contributed by atoms with E-state index in [1.54, 1.807) is 28.8 Å². The smallest absolute Gasteiger partial charge is 0.250 e.